The van der Waals surface area contributed by atoms with E-state index in [2.05, 4.69) is 20.2 Å². The summed E-state index contributed by atoms with van der Waals surface area (Å²) >= 11 is 1.67. The first-order valence-corrected chi connectivity index (χ1v) is 12.6. The first-order valence-electron chi connectivity index (χ1n) is 11.7. The van der Waals surface area contributed by atoms with E-state index in [9.17, 15) is 31.1 Å². The van der Waals surface area contributed by atoms with Gasteiger partial charge in [0.1, 0.15) is 0 Å². The lowest BCUT2D eigenvalue weighted by Crippen LogP contribution is -2.55. The fourth-order valence-corrected chi connectivity index (χ4v) is 5.25. The van der Waals surface area contributed by atoms with Crippen molar-refractivity contribution in [2.75, 3.05) is 26.3 Å². The van der Waals surface area contributed by atoms with Crippen LogP contribution in [0.5, 0.6) is 0 Å². The summed E-state index contributed by atoms with van der Waals surface area (Å²) in [7, 11) is 0. The second kappa shape index (κ2) is 13.1. The number of nitrogens with zero attached hydrogens (tertiary/aromatic N) is 3. The van der Waals surface area contributed by atoms with Gasteiger partial charge < -0.3 is 24.7 Å². The van der Waals surface area contributed by atoms with Crippen LogP contribution in [0.3, 0.4) is 0 Å². The molecular weight excluding hydrogens is 548 g/mol. The van der Waals surface area contributed by atoms with Crippen molar-refractivity contribution in [1.82, 2.24) is 14.8 Å². The van der Waals surface area contributed by atoms with Crippen LogP contribution in [-0.4, -0.2) is 93.1 Å². The summed E-state index contributed by atoms with van der Waals surface area (Å²) < 4.78 is 69.0. The van der Waals surface area contributed by atoms with Crippen LogP contribution in [0.15, 0.2) is 5.38 Å². The largest absolute Gasteiger partial charge is 0.490 e. The van der Waals surface area contributed by atoms with Crippen LogP contribution in [-0.2, 0) is 25.7 Å². The highest BCUT2D eigenvalue weighted by molar-refractivity contribution is 7.09. The molecule has 0 saturated carbocycles. The van der Waals surface area contributed by atoms with Crippen LogP contribution in [0, 0.1) is 6.92 Å². The maximum Gasteiger partial charge on any atom is 0.490 e. The monoisotopic (exact) mass is 577 g/mol. The van der Waals surface area contributed by atoms with Gasteiger partial charge in [0.05, 0.1) is 17.2 Å². The van der Waals surface area contributed by atoms with Crippen LogP contribution in [0.4, 0.5) is 26.3 Å². The molecule has 9 nitrogen and oxygen atoms in total. The summed E-state index contributed by atoms with van der Waals surface area (Å²) in [6.45, 7) is 6.76. The zero-order valence-electron chi connectivity index (χ0n) is 20.5. The van der Waals surface area contributed by atoms with Crippen molar-refractivity contribution >= 4 is 29.2 Å². The minimum absolute atomic E-state index is 0.0796. The van der Waals surface area contributed by atoms with Gasteiger partial charge in [-0.25, -0.2) is 14.6 Å². The van der Waals surface area contributed by atoms with Crippen LogP contribution in [0.25, 0.3) is 0 Å². The SMILES string of the molecule is Cc1nc(CN2C(=O)CCC23CCN(C2CCOCC2)CC3)cs1.O=C(O)C(F)(F)F.O=C(O)C(F)(F)F. The third-order valence-corrected chi connectivity index (χ3v) is 7.41. The van der Waals surface area contributed by atoms with Gasteiger partial charge in [-0.15, -0.1) is 11.3 Å². The molecule has 1 aromatic rings. The molecular formula is C22H29F6N3O6S. The number of thiazole rings is 1. The lowest BCUT2D eigenvalue weighted by Gasteiger charge is -2.47. The van der Waals surface area contributed by atoms with E-state index in [0.29, 0.717) is 24.9 Å². The number of alkyl halides is 6. The van der Waals surface area contributed by atoms with Crippen LogP contribution >= 0.6 is 11.3 Å². The molecule has 2 N–H and O–H groups in total. The molecule has 1 aromatic heterocycles. The van der Waals surface area contributed by atoms with E-state index >= 15 is 0 Å². The molecule has 3 aliphatic rings. The van der Waals surface area contributed by atoms with Crippen molar-refractivity contribution in [2.24, 2.45) is 0 Å². The predicted molar refractivity (Wildman–Crippen MR) is 121 cm³/mol. The van der Waals surface area contributed by atoms with Crippen molar-refractivity contribution < 1.29 is 55.7 Å². The van der Waals surface area contributed by atoms with Gasteiger partial charge in [0, 0.05) is 49.7 Å². The molecule has 1 spiro atoms. The Morgan fingerprint density at radius 2 is 1.55 bits per heavy atom. The van der Waals surface area contributed by atoms with Gasteiger partial charge in [0.2, 0.25) is 5.91 Å². The van der Waals surface area contributed by atoms with E-state index in [1.165, 1.54) is 0 Å². The highest BCUT2D eigenvalue weighted by Gasteiger charge is 2.47. The van der Waals surface area contributed by atoms with Gasteiger partial charge in [0.25, 0.3) is 0 Å². The number of halogens is 6. The Kier molecular flexibility index (Phi) is 10.9. The van der Waals surface area contributed by atoms with E-state index in [-0.39, 0.29) is 5.54 Å². The number of piperidine rings is 1. The van der Waals surface area contributed by atoms with Crippen molar-refractivity contribution in [3.05, 3.63) is 16.1 Å². The molecule has 0 aromatic carbocycles. The standard InChI is InChI=1S/C18H27N3O2S.2C2HF3O2/c1-14-19-15(13-24-14)12-21-17(22)2-5-18(21)6-8-20(9-7-18)16-3-10-23-11-4-16;2*3-2(4,5)1(6)7/h13,16H,2-12H2,1H3;2*(H,6,7). The molecule has 3 fully saturated rings. The number of amides is 1. The number of carbonyl (C=O) groups excluding carboxylic acids is 1. The summed E-state index contributed by atoms with van der Waals surface area (Å²) in [5, 5.41) is 17.4. The average Bonchev–Trinajstić information content (AvgIpc) is 3.38. The maximum absolute atomic E-state index is 12.5. The predicted octanol–water partition coefficient (Wildman–Crippen LogP) is 3.85. The summed E-state index contributed by atoms with van der Waals surface area (Å²) in [6.07, 6.45) is -3.89. The Balaban J connectivity index is 0.000000301. The zero-order chi connectivity index (χ0) is 28.7. The number of carboxylic acids is 2. The highest BCUT2D eigenvalue weighted by atomic mass is 32.1. The molecule has 0 unspecified atom stereocenters. The number of carboxylic acid groups (broad SMARTS) is 2. The first kappa shape index (κ1) is 31.8. The van der Waals surface area contributed by atoms with E-state index in [1.54, 1.807) is 11.3 Å². The molecule has 1 amide bonds. The van der Waals surface area contributed by atoms with Crippen LogP contribution in [0.2, 0.25) is 0 Å². The van der Waals surface area contributed by atoms with Crippen molar-refractivity contribution in [3.63, 3.8) is 0 Å². The van der Waals surface area contributed by atoms with Gasteiger partial charge in [0.15, 0.2) is 0 Å². The minimum Gasteiger partial charge on any atom is -0.475 e. The molecule has 4 rings (SSSR count). The minimum atomic E-state index is -5.08. The molecule has 0 aliphatic carbocycles. The molecule has 3 saturated heterocycles. The molecule has 16 heteroatoms. The molecule has 38 heavy (non-hydrogen) atoms. The molecule has 216 valence electrons. The second-order valence-corrected chi connectivity index (χ2v) is 10.1. The van der Waals surface area contributed by atoms with Crippen LogP contribution in [0.1, 0.15) is 49.2 Å². The van der Waals surface area contributed by atoms with Gasteiger partial charge in [-0.1, -0.05) is 0 Å². The van der Waals surface area contributed by atoms with Crippen molar-refractivity contribution in [2.45, 2.75) is 75.9 Å². The Morgan fingerprint density at radius 1 is 1.05 bits per heavy atom. The Labute approximate surface area is 218 Å². The molecule has 0 radical (unpaired) electrons. The Hall–Kier alpha value is -2.46. The summed E-state index contributed by atoms with van der Waals surface area (Å²) in [4.78, 5) is 39.7. The Bertz CT molecular complexity index is 932. The molecule has 4 heterocycles. The van der Waals surface area contributed by atoms with Crippen LogP contribution < -0.4 is 0 Å². The smallest absolute Gasteiger partial charge is 0.475 e. The fourth-order valence-electron chi connectivity index (χ4n) is 4.65. The number of hydrogen-bond donors (Lipinski definition) is 2. The fraction of sp³-hybridized carbons (Fsp3) is 0.727. The zero-order valence-corrected chi connectivity index (χ0v) is 21.3. The van der Waals surface area contributed by atoms with E-state index in [0.717, 1.165) is 69.1 Å². The van der Waals surface area contributed by atoms with Crippen molar-refractivity contribution in [1.29, 1.82) is 0 Å². The lowest BCUT2D eigenvalue weighted by atomic mass is 9.84. The number of carbonyl (C=O) groups is 3. The maximum atomic E-state index is 12.5. The number of rotatable bonds is 3. The normalized spacial score (nSPS) is 20.4. The molecule has 0 bridgehead atoms. The van der Waals surface area contributed by atoms with Gasteiger partial charge >= 0.3 is 24.3 Å². The quantitative estimate of drug-likeness (QED) is 0.520. The number of aromatic nitrogens is 1. The summed E-state index contributed by atoms with van der Waals surface area (Å²) in [5.74, 6) is -5.19. The van der Waals surface area contributed by atoms with Gasteiger partial charge in [-0.3, -0.25) is 4.79 Å². The molecule has 0 atom stereocenters. The van der Waals surface area contributed by atoms with E-state index in [4.69, 9.17) is 24.5 Å². The van der Waals surface area contributed by atoms with Gasteiger partial charge in [-0.05, 0) is 39.0 Å². The molecule has 3 aliphatic heterocycles. The number of ether oxygens (including phenoxy) is 1. The van der Waals surface area contributed by atoms with Crippen molar-refractivity contribution in [3.8, 4) is 0 Å². The number of aryl methyl sites for hydroxylation is 1. The average molecular weight is 578 g/mol. The highest BCUT2D eigenvalue weighted by Crippen LogP contribution is 2.41. The lowest BCUT2D eigenvalue weighted by molar-refractivity contribution is -0.193. The number of hydrogen-bond acceptors (Lipinski definition) is 7. The number of aliphatic carboxylic acids is 2. The topological polar surface area (TPSA) is 120 Å². The third-order valence-electron chi connectivity index (χ3n) is 6.59. The van der Waals surface area contributed by atoms with Gasteiger partial charge in [-0.2, -0.15) is 26.3 Å². The summed E-state index contributed by atoms with van der Waals surface area (Å²) in [6, 6.07) is 0.683. The van der Waals surface area contributed by atoms with E-state index < -0.39 is 24.3 Å². The Morgan fingerprint density at radius 3 is 1.97 bits per heavy atom. The summed E-state index contributed by atoms with van der Waals surface area (Å²) in [5.41, 5.74) is 1.13. The van der Waals surface area contributed by atoms with E-state index in [1.807, 2.05) is 6.92 Å². The second-order valence-electron chi connectivity index (χ2n) is 9.05. The third kappa shape index (κ3) is 9.08. The first-order chi connectivity index (χ1) is 17.5. The number of likely N-dealkylation sites (tertiary alicyclic amines) is 2.